The summed E-state index contributed by atoms with van der Waals surface area (Å²) >= 11 is 0. The molecule has 1 heterocycles. The van der Waals surface area contributed by atoms with Crippen molar-refractivity contribution in [2.45, 2.75) is 52.1 Å². The molecule has 0 bridgehead atoms. The molecule has 0 radical (unpaired) electrons. The molecule has 1 aromatic heterocycles. The summed E-state index contributed by atoms with van der Waals surface area (Å²) in [7, 11) is 0. The van der Waals surface area contributed by atoms with Crippen LogP contribution >= 0.6 is 0 Å². The monoisotopic (exact) mass is 353 g/mol. The van der Waals surface area contributed by atoms with Gasteiger partial charge in [0.25, 0.3) is 0 Å². The molecule has 6 nitrogen and oxygen atoms in total. The van der Waals surface area contributed by atoms with Gasteiger partial charge in [-0.1, -0.05) is 23.8 Å². The summed E-state index contributed by atoms with van der Waals surface area (Å²) in [6.07, 6.45) is 10.2. The van der Waals surface area contributed by atoms with E-state index in [0.29, 0.717) is 11.8 Å². The minimum atomic E-state index is 0.104. The minimum Gasteiger partial charge on any atom is -0.489 e. The normalized spacial score (nSPS) is 14.0. The van der Waals surface area contributed by atoms with Gasteiger partial charge in [0.2, 0.25) is 5.95 Å². The first kappa shape index (κ1) is 18.2. The maximum absolute atomic E-state index is 5.83. The highest BCUT2D eigenvalue weighted by Crippen LogP contribution is 2.27. The Hall–Kier alpha value is -2.63. The van der Waals surface area contributed by atoms with Crippen molar-refractivity contribution in [3.8, 4) is 5.75 Å². The van der Waals surface area contributed by atoms with Crippen molar-refractivity contribution >= 4 is 17.5 Å². The Morgan fingerprint density at radius 3 is 2.88 bits per heavy atom. The zero-order valence-electron chi connectivity index (χ0n) is 15.5. The molecule has 2 aromatic rings. The molecule has 1 aliphatic rings. The number of nitrogens with zero attached hydrogens (tertiary/aromatic N) is 3. The lowest BCUT2D eigenvalue weighted by Crippen LogP contribution is -2.10. The first-order chi connectivity index (χ1) is 12.7. The Labute approximate surface area is 155 Å². The van der Waals surface area contributed by atoms with E-state index >= 15 is 0 Å². The van der Waals surface area contributed by atoms with E-state index in [2.05, 4.69) is 31.9 Å². The largest absolute Gasteiger partial charge is 0.489 e. The molecule has 0 unspecified atom stereocenters. The number of anilines is 3. The molecule has 138 valence electrons. The van der Waals surface area contributed by atoms with E-state index in [4.69, 9.17) is 4.74 Å². The first-order valence-corrected chi connectivity index (χ1v) is 9.35. The standard InChI is InChI=1S/C20H27N5O/c1-15(2)26-18-11-7-6-10-17(18)23-19-14-22-25-20(24-19)21-13-12-16-8-4-3-5-9-16/h6-8,10-11,14-15H,3-5,9,12-13H2,1-2H3,(H2,21,23,24,25). The van der Waals surface area contributed by atoms with Crippen molar-refractivity contribution in [2.24, 2.45) is 0 Å². The molecule has 1 aliphatic carbocycles. The quantitative estimate of drug-likeness (QED) is 0.670. The molecule has 0 saturated heterocycles. The average Bonchev–Trinajstić information content (AvgIpc) is 2.64. The van der Waals surface area contributed by atoms with Gasteiger partial charge in [0.15, 0.2) is 5.82 Å². The molecule has 1 aromatic carbocycles. The first-order valence-electron chi connectivity index (χ1n) is 9.35. The van der Waals surface area contributed by atoms with Crippen molar-refractivity contribution in [2.75, 3.05) is 17.2 Å². The van der Waals surface area contributed by atoms with Crippen LogP contribution in [0.15, 0.2) is 42.1 Å². The average molecular weight is 353 g/mol. The minimum absolute atomic E-state index is 0.104. The SMILES string of the molecule is CC(C)Oc1ccccc1Nc1cnnc(NCCC2=CCCCC2)n1. The predicted octanol–water partition coefficient (Wildman–Crippen LogP) is 4.70. The summed E-state index contributed by atoms with van der Waals surface area (Å²) in [5, 5.41) is 14.7. The lowest BCUT2D eigenvalue weighted by atomic mass is 9.97. The Kier molecular flexibility index (Phi) is 6.41. The second-order valence-electron chi connectivity index (χ2n) is 6.74. The maximum Gasteiger partial charge on any atom is 0.244 e. The van der Waals surface area contributed by atoms with Crippen LogP contribution in [0.1, 0.15) is 46.0 Å². The fraction of sp³-hybridized carbons (Fsp3) is 0.450. The highest BCUT2D eigenvalue weighted by atomic mass is 16.5. The fourth-order valence-electron chi connectivity index (χ4n) is 2.97. The number of allylic oxidation sites excluding steroid dienone is 1. The van der Waals surface area contributed by atoms with Crippen LogP contribution in [-0.2, 0) is 0 Å². The van der Waals surface area contributed by atoms with Crippen molar-refractivity contribution < 1.29 is 4.74 Å². The van der Waals surface area contributed by atoms with Gasteiger partial charge in [-0.3, -0.25) is 0 Å². The molecular formula is C20H27N5O. The molecule has 0 aliphatic heterocycles. The van der Waals surface area contributed by atoms with E-state index in [1.54, 1.807) is 6.20 Å². The highest BCUT2D eigenvalue weighted by molar-refractivity contribution is 5.64. The molecular weight excluding hydrogens is 326 g/mol. The number of hydrogen-bond acceptors (Lipinski definition) is 6. The number of nitrogens with one attached hydrogen (secondary N) is 2. The van der Waals surface area contributed by atoms with Crippen LogP contribution in [0.25, 0.3) is 0 Å². The van der Waals surface area contributed by atoms with Crippen LogP contribution in [0.5, 0.6) is 5.75 Å². The fourth-order valence-corrected chi connectivity index (χ4v) is 2.97. The predicted molar refractivity (Wildman–Crippen MR) is 105 cm³/mol. The van der Waals surface area contributed by atoms with Crippen LogP contribution in [0.3, 0.4) is 0 Å². The molecule has 0 fully saturated rings. The molecule has 6 heteroatoms. The number of ether oxygens (including phenoxy) is 1. The Morgan fingerprint density at radius 2 is 2.08 bits per heavy atom. The van der Waals surface area contributed by atoms with Crippen LogP contribution in [0.4, 0.5) is 17.5 Å². The molecule has 0 atom stereocenters. The summed E-state index contributed by atoms with van der Waals surface area (Å²) in [5.41, 5.74) is 2.39. The van der Waals surface area contributed by atoms with Crippen LogP contribution in [-0.4, -0.2) is 27.8 Å². The van der Waals surface area contributed by atoms with E-state index in [-0.39, 0.29) is 6.10 Å². The van der Waals surface area contributed by atoms with E-state index in [1.165, 1.54) is 31.3 Å². The summed E-state index contributed by atoms with van der Waals surface area (Å²) in [5.74, 6) is 1.97. The summed E-state index contributed by atoms with van der Waals surface area (Å²) < 4.78 is 5.83. The second kappa shape index (κ2) is 9.17. The van der Waals surface area contributed by atoms with Crippen LogP contribution < -0.4 is 15.4 Å². The van der Waals surface area contributed by atoms with E-state index in [9.17, 15) is 0 Å². The van der Waals surface area contributed by atoms with Gasteiger partial charge in [-0.15, -0.1) is 5.10 Å². The summed E-state index contributed by atoms with van der Waals surface area (Å²) in [6.45, 7) is 4.84. The van der Waals surface area contributed by atoms with Gasteiger partial charge < -0.3 is 15.4 Å². The van der Waals surface area contributed by atoms with Gasteiger partial charge in [0, 0.05) is 6.54 Å². The number of benzene rings is 1. The Bertz CT molecular complexity index is 744. The van der Waals surface area contributed by atoms with Crippen molar-refractivity contribution in [3.05, 3.63) is 42.1 Å². The van der Waals surface area contributed by atoms with Gasteiger partial charge in [-0.25, -0.2) is 0 Å². The van der Waals surface area contributed by atoms with Gasteiger partial charge in [0.1, 0.15) is 5.75 Å². The van der Waals surface area contributed by atoms with Gasteiger partial charge >= 0.3 is 0 Å². The smallest absolute Gasteiger partial charge is 0.244 e. The molecule has 3 rings (SSSR count). The number of hydrogen-bond donors (Lipinski definition) is 2. The molecule has 0 spiro atoms. The van der Waals surface area contributed by atoms with Gasteiger partial charge in [0.05, 0.1) is 18.0 Å². The van der Waals surface area contributed by atoms with Crippen LogP contribution in [0.2, 0.25) is 0 Å². The van der Waals surface area contributed by atoms with Gasteiger partial charge in [-0.05, 0) is 58.1 Å². The van der Waals surface area contributed by atoms with Crippen molar-refractivity contribution in [1.29, 1.82) is 0 Å². The zero-order chi connectivity index (χ0) is 18.2. The van der Waals surface area contributed by atoms with Crippen LogP contribution in [0, 0.1) is 0 Å². The second-order valence-corrected chi connectivity index (χ2v) is 6.74. The van der Waals surface area contributed by atoms with E-state index < -0.39 is 0 Å². The number of rotatable bonds is 8. The molecule has 26 heavy (non-hydrogen) atoms. The van der Waals surface area contributed by atoms with Crippen molar-refractivity contribution in [3.63, 3.8) is 0 Å². The number of aromatic nitrogens is 3. The third-order valence-corrected chi connectivity index (χ3v) is 4.19. The third-order valence-electron chi connectivity index (χ3n) is 4.19. The molecule has 2 N–H and O–H groups in total. The Morgan fingerprint density at radius 1 is 1.19 bits per heavy atom. The summed E-state index contributed by atoms with van der Waals surface area (Å²) in [6, 6.07) is 7.81. The topological polar surface area (TPSA) is 72.0 Å². The Balaban J connectivity index is 1.60. The van der Waals surface area contributed by atoms with E-state index in [1.807, 2.05) is 38.1 Å². The molecule has 0 amide bonds. The van der Waals surface area contributed by atoms with Gasteiger partial charge in [-0.2, -0.15) is 10.1 Å². The maximum atomic E-state index is 5.83. The number of para-hydroxylation sites is 2. The highest BCUT2D eigenvalue weighted by Gasteiger charge is 2.08. The summed E-state index contributed by atoms with van der Waals surface area (Å²) in [4.78, 5) is 4.50. The lowest BCUT2D eigenvalue weighted by molar-refractivity contribution is 0.244. The molecule has 0 saturated carbocycles. The zero-order valence-corrected chi connectivity index (χ0v) is 15.5. The third kappa shape index (κ3) is 5.44. The van der Waals surface area contributed by atoms with Crippen molar-refractivity contribution in [1.82, 2.24) is 15.2 Å². The van der Waals surface area contributed by atoms with E-state index in [0.717, 1.165) is 24.4 Å². The lowest BCUT2D eigenvalue weighted by Gasteiger charge is -2.15.